The van der Waals surface area contributed by atoms with Gasteiger partial charge in [-0.05, 0) is 32.9 Å². The number of benzene rings is 1. The summed E-state index contributed by atoms with van der Waals surface area (Å²) in [5, 5.41) is 0.300. The summed E-state index contributed by atoms with van der Waals surface area (Å²) in [6, 6.07) is 7.56. The summed E-state index contributed by atoms with van der Waals surface area (Å²) in [6.45, 7) is 5.83. The van der Waals surface area contributed by atoms with E-state index in [1.165, 1.54) is 0 Å². The standard InChI is InChI=1S/C12H13ClN2O/c1-12(2,3)16-11-10(13)14-8-6-4-5-7-9(8)15-11/h4-7H,1-3H3. The lowest BCUT2D eigenvalue weighted by Gasteiger charge is -2.20. The molecule has 2 rings (SSSR count). The van der Waals surface area contributed by atoms with Gasteiger partial charge in [0, 0.05) is 0 Å². The minimum absolute atomic E-state index is 0.300. The molecule has 0 aliphatic carbocycles. The molecular formula is C12H13ClN2O. The Balaban J connectivity index is 2.50. The topological polar surface area (TPSA) is 35.0 Å². The van der Waals surface area contributed by atoms with Gasteiger partial charge in [-0.3, -0.25) is 0 Å². The zero-order valence-corrected chi connectivity index (χ0v) is 10.2. The molecule has 3 nitrogen and oxygen atoms in total. The van der Waals surface area contributed by atoms with Gasteiger partial charge in [0.15, 0.2) is 5.15 Å². The van der Waals surface area contributed by atoms with Crippen LogP contribution < -0.4 is 4.74 Å². The molecule has 4 heteroatoms. The predicted octanol–water partition coefficient (Wildman–Crippen LogP) is 3.46. The van der Waals surface area contributed by atoms with Crippen LogP contribution in [0.5, 0.6) is 5.88 Å². The number of para-hydroxylation sites is 2. The Kier molecular flexibility index (Phi) is 2.72. The molecule has 0 aliphatic rings. The van der Waals surface area contributed by atoms with Crippen LogP contribution >= 0.6 is 11.6 Å². The zero-order valence-electron chi connectivity index (χ0n) is 9.49. The number of nitrogens with zero attached hydrogens (tertiary/aromatic N) is 2. The number of ether oxygens (including phenoxy) is 1. The first-order valence-electron chi connectivity index (χ1n) is 5.07. The van der Waals surface area contributed by atoms with E-state index in [1.54, 1.807) is 0 Å². The van der Waals surface area contributed by atoms with Gasteiger partial charge in [0.05, 0.1) is 11.0 Å². The molecular weight excluding hydrogens is 224 g/mol. The molecule has 84 valence electrons. The SMILES string of the molecule is CC(C)(C)Oc1nc2ccccc2nc1Cl. The average Bonchev–Trinajstić information content (AvgIpc) is 2.17. The second kappa shape index (κ2) is 3.91. The third-order valence-electron chi connectivity index (χ3n) is 1.90. The van der Waals surface area contributed by atoms with Crippen molar-refractivity contribution in [1.82, 2.24) is 9.97 Å². The van der Waals surface area contributed by atoms with Gasteiger partial charge >= 0.3 is 0 Å². The van der Waals surface area contributed by atoms with E-state index < -0.39 is 0 Å². The van der Waals surface area contributed by atoms with Gasteiger partial charge in [0.1, 0.15) is 5.60 Å². The van der Waals surface area contributed by atoms with Crippen LogP contribution in [0.25, 0.3) is 11.0 Å². The first-order chi connectivity index (χ1) is 7.46. The van der Waals surface area contributed by atoms with Gasteiger partial charge < -0.3 is 4.74 Å². The van der Waals surface area contributed by atoms with Crippen LogP contribution in [0.2, 0.25) is 5.15 Å². The summed E-state index contributed by atoms with van der Waals surface area (Å²) in [6.07, 6.45) is 0. The molecule has 0 N–H and O–H groups in total. The minimum Gasteiger partial charge on any atom is -0.470 e. The molecule has 1 heterocycles. The highest BCUT2D eigenvalue weighted by Crippen LogP contribution is 2.26. The van der Waals surface area contributed by atoms with E-state index in [0.29, 0.717) is 11.0 Å². The van der Waals surface area contributed by atoms with Crippen LogP contribution in [0.4, 0.5) is 0 Å². The van der Waals surface area contributed by atoms with Crippen molar-refractivity contribution < 1.29 is 4.74 Å². The van der Waals surface area contributed by atoms with Gasteiger partial charge in [0.2, 0.25) is 0 Å². The molecule has 1 aromatic carbocycles. The first-order valence-corrected chi connectivity index (χ1v) is 5.45. The minimum atomic E-state index is -0.333. The van der Waals surface area contributed by atoms with Crippen molar-refractivity contribution in [3.63, 3.8) is 0 Å². The summed E-state index contributed by atoms with van der Waals surface area (Å²) in [5.41, 5.74) is 1.22. The Hall–Kier alpha value is -1.35. The van der Waals surface area contributed by atoms with Crippen LogP contribution in [-0.2, 0) is 0 Å². The Morgan fingerprint density at radius 2 is 1.62 bits per heavy atom. The van der Waals surface area contributed by atoms with Gasteiger partial charge in [-0.25, -0.2) is 9.97 Å². The summed E-state index contributed by atoms with van der Waals surface area (Å²) >= 11 is 6.01. The number of fused-ring (bicyclic) bond motifs is 1. The van der Waals surface area contributed by atoms with Gasteiger partial charge in [-0.1, -0.05) is 23.7 Å². The summed E-state index contributed by atoms with van der Waals surface area (Å²) in [5.74, 6) is 0.382. The van der Waals surface area contributed by atoms with E-state index in [1.807, 2.05) is 45.0 Å². The molecule has 16 heavy (non-hydrogen) atoms. The lowest BCUT2D eigenvalue weighted by Crippen LogP contribution is -2.23. The fourth-order valence-electron chi connectivity index (χ4n) is 1.32. The van der Waals surface area contributed by atoms with Crippen molar-refractivity contribution in [3.8, 4) is 5.88 Å². The molecule has 0 saturated carbocycles. The van der Waals surface area contributed by atoms with Crippen molar-refractivity contribution in [3.05, 3.63) is 29.4 Å². The predicted molar refractivity (Wildman–Crippen MR) is 64.9 cm³/mol. The van der Waals surface area contributed by atoms with Crippen molar-refractivity contribution in [1.29, 1.82) is 0 Å². The number of rotatable bonds is 1. The molecule has 0 saturated heterocycles. The Labute approximate surface area is 99.4 Å². The second-order valence-corrected chi connectivity index (χ2v) is 4.88. The fourth-order valence-corrected chi connectivity index (χ4v) is 1.49. The lowest BCUT2D eigenvalue weighted by molar-refractivity contribution is 0.124. The van der Waals surface area contributed by atoms with E-state index in [2.05, 4.69) is 9.97 Å². The summed E-state index contributed by atoms with van der Waals surface area (Å²) in [4.78, 5) is 8.58. The summed E-state index contributed by atoms with van der Waals surface area (Å²) < 4.78 is 5.64. The van der Waals surface area contributed by atoms with Crippen LogP contribution in [0, 0.1) is 0 Å². The lowest BCUT2D eigenvalue weighted by atomic mass is 10.2. The van der Waals surface area contributed by atoms with Gasteiger partial charge in [-0.2, -0.15) is 0 Å². The fraction of sp³-hybridized carbons (Fsp3) is 0.333. The van der Waals surface area contributed by atoms with Crippen molar-refractivity contribution in [2.45, 2.75) is 26.4 Å². The molecule has 0 bridgehead atoms. The van der Waals surface area contributed by atoms with Crippen LogP contribution in [0.15, 0.2) is 24.3 Å². The molecule has 1 aromatic heterocycles. The van der Waals surface area contributed by atoms with Gasteiger partial charge in [-0.15, -0.1) is 0 Å². The van der Waals surface area contributed by atoms with Gasteiger partial charge in [0.25, 0.3) is 5.88 Å². The Bertz CT molecular complexity index is 520. The molecule has 0 fully saturated rings. The molecule has 0 radical (unpaired) electrons. The highest BCUT2D eigenvalue weighted by molar-refractivity contribution is 6.31. The Morgan fingerprint density at radius 3 is 2.19 bits per heavy atom. The maximum absolute atomic E-state index is 6.01. The van der Waals surface area contributed by atoms with E-state index >= 15 is 0 Å². The maximum Gasteiger partial charge on any atom is 0.253 e. The Morgan fingerprint density at radius 1 is 1.06 bits per heavy atom. The van der Waals surface area contributed by atoms with Crippen LogP contribution in [0.1, 0.15) is 20.8 Å². The normalized spacial score (nSPS) is 11.8. The molecule has 2 aromatic rings. The maximum atomic E-state index is 6.01. The van der Waals surface area contributed by atoms with E-state index in [9.17, 15) is 0 Å². The molecule has 0 spiro atoms. The number of halogens is 1. The van der Waals surface area contributed by atoms with Crippen molar-refractivity contribution in [2.75, 3.05) is 0 Å². The highest BCUT2D eigenvalue weighted by Gasteiger charge is 2.16. The van der Waals surface area contributed by atoms with E-state index in [-0.39, 0.29) is 5.60 Å². The second-order valence-electron chi connectivity index (χ2n) is 4.52. The highest BCUT2D eigenvalue weighted by atomic mass is 35.5. The number of hydrogen-bond acceptors (Lipinski definition) is 3. The molecule has 0 amide bonds. The number of aromatic nitrogens is 2. The van der Waals surface area contributed by atoms with E-state index in [0.717, 1.165) is 11.0 Å². The quantitative estimate of drug-likeness (QED) is 0.761. The number of hydrogen-bond donors (Lipinski definition) is 0. The largest absolute Gasteiger partial charge is 0.470 e. The van der Waals surface area contributed by atoms with Crippen molar-refractivity contribution >= 4 is 22.6 Å². The average molecular weight is 237 g/mol. The summed E-state index contributed by atoms with van der Waals surface area (Å²) in [7, 11) is 0. The first kappa shape index (κ1) is 11.1. The third-order valence-corrected chi connectivity index (χ3v) is 2.15. The van der Waals surface area contributed by atoms with Crippen LogP contribution in [0.3, 0.4) is 0 Å². The monoisotopic (exact) mass is 236 g/mol. The smallest absolute Gasteiger partial charge is 0.253 e. The van der Waals surface area contributed by atoms with Crippen molar-refractivity contribution in [2.24, 2.45) is 0 Å². The van der Waals surface area contributed by atoms with Crippen LogP contribution in [-0.4, -0.2) is 15.6 Å². The molecule has 0 aliphatic heterocycles. The molecule has 0 unspecified atom stereocenters. The third kappa shape index (κ3) is 2.42. The van der Waals surface area contributed by atoms with E-state index in [4.69, 9.17) is 16.3 Å². The molecule has 0 atom stereocenters. The zero-order chi connectivity index (χ0) is 11.8.